The van der Waals surface area contributed by atoms with Gasteiger partial charge >= 0.3 is 0 Å². The Kier molecular flexibility index (Phi) is 6.19. The molecule has 2 aromatic heterocycles. The average Bonchev–Trinajstić information content (AvgIpc) is 3.33. The van der Waals surface area contributed by atoms with Crippen LogP contribution in [0.2, 0.25) is 4.34 Å². The minimum absolute atomic E-state index is 0.107. The van der Waals surface area contributed by atoms with Crippen LogP contribution in [0, 0.1) is 0 Å². The van der Waals surface area contributed by atoms with Gasteiger partial charge in [0.05, 0.1) is 23.3 Å². The Bertz CT molecular complexity index is 1050. The van der Waals surface area contributed by atoms with Crippen molar-refractivity contribution in [1.82, 2.24) is 19.2 Å². The summed E-state index contributed by atoms with van der Waals surface area (Å²) in [5.74, 6) is -0.389. The lowest BCUT2D eigenvalue weighted by Gasteiger charge is -2.19. The van der Waals surface area contributed by atoms with Crippen molar-refractivity contribution in [3.8, 4) is 5.69 Å². The van der Waals surface area contributed by atoms with E-state index in [9.17, 15) is 13.2 Å². The van der Waals surface area contributed by atoms with Gasteiger partial charge in [-0.25, -0.2) is 13.4 Å². The van der Waals surface area contributed by atoms with Crippen LogP contribution in [-0.4, -0.2) is 41.8 Å². The molecular formula is C18H19ClN4O3S2. The second kappa shape index (κ2) is 8.44. The van der Waals surface area contributed by atoms with Crippen molar-refractivity contribution in [2.75, 3.05) is 13.6 Å². The molecular weight excluding hydrogens is 420 g/mol. The Hall–Kier alpha value is -2.20. The molecule has 3 aromatic rings. The zero-order chi connectivity index (χ0) is 20.3. The number of halogens is 1. The van der Waals surface area contributed by atoms with E-state index >= 15 is 0 Å². The number of hydrogen-bond acceptors (Lipinski definition) is 5. The number of aromatic nitrogens is 2. The molecule has 28 heavy (non-hydrogen) atoms. The van der Waals surface area contributed by atoms with Gasteiger partial charge in [0.25, 0.3) is 10.0 Å². The van der Waals surface area contributed by atoms with E-state index in [1.807, 2.05) is 42.0 Å². The summed E-state index contributed by atoms with van der Waals surface area (Å²) < 4.78 is 28.3. The molecule has 0 saturated heterocycles. The van der Waals surface area contributed by atoms with Gasteiger partial charge in [-0.3, -0.25) is 4.79 Å². The molecule has 1 N–H and O–H groups in total. The van der Waals surface area contributed by atoms with Crippen molar-refractivity contribution in [2.45, 2.75) is 17.2 Å². The largest absolute Gasteiger partial charge is 0.348 e. The maximum Gasteiger partial charge on any atom is 0.252 e. The molecule has 3 rings (SSSR count). The van der Waals surface area contributed by atoms with E-state index in [2.05, 4.69) is 10.3 Å². The number of sulfonamides is 1. The molecule has 0 aliphatic rings. The molecule has 0 saturated carbocycles. The first-order chi connectivity index (χ1) is 13.3. The molecule has 10 heteroatoms. The van der Waals surface area contributed by atoms with Crippen LogP contribution in [0.3, 0.4) is 0 Å². The molecule has 7 nitrogen and oxygen atoms in total. The Balaban J connectivity index is 1.61. The van der Waals surface area contributed by atoms with Crippen LogP contribution >= 0.6 is 22.9 Å². The fourth-order valence-electron chi connectivity index (χ4n) is 2.59. The van der Waals surface area contributed by atoms with Gasteiger partial charge in [0.1, 0.15) is 4.21 Å². The summed E-state index contributed by atoms with van der Waals surface area (Å²) in [6.45, 7) is 1.56. The predicted molar refractivity (Wildman–Crippen MR) is 109 cm³/mol. The Morgan fingerprint density at radius 1 is 1.29 bits per heavy atom. The quantitative estimate of drug-likeness (QED) is 0.614. The molecule has 1 unspecified atom stereocenters. The fraction of sp³-hybridized carbons (Fsp3) is 0.222. The maximum absolute atomic E-state index is 12.5. The van der Waals surface area contributed by atoms with Crippen LogP contribution in [0.4, 0.5) is 0 Å². The molecule has 0 aliphatic heterocycles. The zero-order valence-electron chi connectivity index (χ0n) is 15.2. The van der Waals surface area contributed by atoms with Crippen molar-refractivity contribution >= 4 is 38.9 Å². The summed E-state index contributed by atoms with van der Waals surface area (Å²) >= 11 is 6.77. The van der Waals surface area contributed by atoms with E-state index in [1.54, 1.807) is 12.5 Å². The maximum atomic E-state index is 12.5. The van der Waals surface area contributed by atoms with Crippen LogP contribution in [0.15, 0.2) is 59.3 Å². The number of nitrogens with zero attached hydrogens (tertiary/aromatic N) is 3. The van der Waals surface area contributed by atoms with E-state index in [4.69, 9.17) is 11.6 Å². The summed E-state index contributed by atoms with van der Waals surface area (Å²) in [6, 6.07) is 10.4. The van der Waals surface area contributed by atoms with E-state index in [0.29, 0.717) is 4.34 Å². The number of carbonyl (C=O) groups is 1. The van der Waals surface area contributed by atoms with Gasteiger partial charge in [-0.05, 0) is 36.8 Å². The Labute approximate surface area is 172 Å². The second-order valence-corrected chi connectivity index (χ2v) is 10.2. The Morgan fingerprint density at radius 2 is 2.00 bits per heavy atom. The zero-order valence-corrected chi connectivity index (χ0v) is 17.6. The van der Waals surface area contributed by atoms with Gasteiger partial charge in [-0.15, -0.1) is 11.3 Å². The number of rotatable bonds is 7. The van der Waals surface area contributed by atoms with Crippen LogP contribution in [-0.2, 0) is 14.8 Å². The first-order valence-corrected chi connectivity index (χ1v) is 11.0. The molecule has 1 atom stereocenters. The summed E-state index contributed by atoms with van der Waals surface area (Å²) in [6.07, 6.45) is 5.25. The van der Waals surface area contributed by atoms with Crippen molar-refractivity contribution in [3.63, 3.8) is 0 Å². The second-order valence-electron chi connectivity index (χ2n) is 6.17. The van der Waals surface area contributed by atoms with Gasteiger partial charge in [0.2, 0.25) is 5.91 Å². The third-order valence-corrected chi connectivity index (χ3v) is 7.65. The highest BCUT2D eigenvalue weighted by atomic mass is 35.5. The van der Waals surface area contributed by atoms with Crippen LogP contribution < -0.4 is 5.32 Å². The monoisotopic (exact) mass is 438 g/mol. The molecule has 0 spiro atoms. The highest BCUT2D eigenvalue weighted by Crippen LogP contribution is 2.27. The molecule has 0 bridgehead atoms. The van der Waals surface area contributed by atoms with Crippen molar-refractivity contribution < 1.29 is 13.2 Å². The lowest BCUT2D eigenvalue weighted by Crippen LogP contribution is -2.39. The van der Waals surface area contributed by atoms with E-state index in [-0.39, 0.29) is 22.7 Å². The van der Waals surface area contributed by atoms with Gasteiger partial charge in [0.15, 0.2) is 0 Å². The number of imidazole rings is 1. The number of benzene rings is 1. The van der Waals surface area contributed by atoms with Crippen molar-refractivity contribution in [3.05, 3.63) is 65.0 Å². The van der Waals surface area contributed by atoms with Crippen LogP contribution in [0.1, 0.15) is 18.5 Å². The summed E-state index contributed by atoms with van der Waals surface area (Å²) in [7, 11) is -2.38. The molecule has 148 valence electrons. The number of nitrogens with one attached hydrogen (secondary N) is 1. The summed E-state index contributed by atoms with van der Waals surface area (Å²) in [4.78, 5) is 16.3. The molecule has 1 amide bonds. The lowest BCUT2D eigenvalue weighted by atomic mass is 10.1. The van der Waals surface area contributed by atoms with Crippen molar-refractivity contribution in [2.24, 2.45) is 0 Å². The molecule has 0 radical (unpaired) electrons. The van der Waals surface area contributed by atoms with Gasteiger partial charge in [-0.2, -0.15) is 4.31 Å². The van der Waals surface area contributed by atoms with Crippen LogP contribution in [0.5, 0.6) is 0 Å². The number of likely N-dealkylation sites (N-methyl/N-ethyl adjacent to an activating group) is 1. The standard InChI is InChI=1S/C18H19ClN4O3S2/c1-13(14-3-5-15(6-4-14)23-10-9-20-12-23)21-17(24)11-22(2)28(25,26)18-8-7-16(19)27-18/h3-10,12-13H,11H2,1-2H3,(H,21,24). The molecule has 0 aliphatic carbocycles. The predicted octanol–water partition coefficient (Wildman–Crippen LogP) is 3.09. The number of amides is 1. The van der Waals surface area contributed by atoms with E-state index in [1.165, 1.54) is 19.2 Å². The number of carbonyl (C=O) groups excluding carboxylic acids is 1. The first kappa shape index (κ1) is 20.5. The van der Waals surface area contributed by atoms with Crippen molar-refractivity contribution in [1.29, 1.82) is 0 Å². The molecule has 2 heterocycles. The van der Waals surface area contributed by atoms with Gasteiger partial charge in [0, 0.05) is 25.1 Å². The average molecular weight is 439 g/mol. The molecule has 1 aromatic carbocycles. The van der Waals surface area contributed by atoms with E-state index in [0.717, 1.165) is 26.9 Å². The third kappa shape index (κ3) is 4.61. The minimum Gasteiger partial charge on any atom is -0.348 e. The van der Waals surface area contributed by atoms with Gasteiger partial charge < -0.3 is 9.88 Å². The van der Waals surface area contributed by atoms with E-state index < -0.39 is 10.0 Å². The highest BCUT2D eigenvalue weighted by Gasteiger charge is 2.25. The smallest absolute Gasteiger partial charge is 0.252 e. The highest BCUT2D eigenvalue weighted by molar-refractivity contribution is 7.91. The minimum atomic E-state index is -3.75. The fourth-order valence-corrected chi connectivity index (χ4v) is 5.42. The van der Waals surface area contributed by atoms with Crippen LogP contribution in [0.25, 0.3) is 5.69 Å². The Morgan fingerprint density at radius 3 is 2.57 bits per heavy atom. The third-order valence-electron chi connectivity index (χ3n) is 4.15. The lowest BCUT2D eigenvalue weighted by molar-refractivity contribution is -0.121. The normalized spacial score (nSPS) is 12.9. The molecule has 0 fully saturated rings. The SMILES string of the molecule is CC(NC(=O)CN(C)S(=O)(=O)c1ccc(Cl)s1)c1ccc(-n2ccnc2)cc1. The number of thiophene rings is 1. The van der Waals surface area contributed by atoms with Gasteiger partial charge in [-0.1, -0.05) is 23.7 Å². The first-order valence-electron chi connectivity index (χ1n) is 8.36. The summed E-state index contributed by atoms with van der Waals surface area (Å²) in [5, 5.41) is 2.82. The summed E-state index contributed by atoms with van der Waals surface area (Å²) in [5.41, 5.74) is 1.87. The topological polar surface area (TPSA) is 84.3 Å². The number of hydrogen-bond donors (Lipinski definition) is 1.